The summed E-state index contributed by atoms with van der Waals surface area (Å²) < 4.78 is 32.2. The van der Waals surface area contributed by atoms with Crippen molar-refractivity contribution in [2.24, 2.45) is 0 Å². The fourth-order valence-corrected chi connectivity index (χ4v) is 4.82. The summed E-state index contributed by atoms with van der Waals surface area (Å²) >= 11 is 0. The minimum atomic E-state index is -3.71. The largest absolute Gasteiger partial charge is 0.450 e. The molecule has 8 nitrogen and oxygen atoms in total. The van der Waals surface area contributed by atoms with E-state index in [4.69, 9.17) is 4.74 Å². The number of benzene rings is 2. The molecule has 0 radical (unpaired) electrons. The van der Waals surface area contributed by atoms with Crippen LogP contribution in [0.5, 0.6) is 0 Å². The molecular weight excluding hydrogens is 418 g/mol. The second-order valence-corrected chi connectivity index (χ2v) is 9.32. The lowest BCUT2D eigenvalue weighted by Gasteiger charge is -2.33. The first-order valence-corrected chi connectivity index (χ1v) is 11.6. The minimum Gasteiger partial charge on any atom is -0.450 e. The van der Waals surface area contributed by atoms with Gasteiger partial charge in [-0.05, 0) is 56.7 Å². The molecule has 0 saturated carbocycles. The molecule has 1 fully saturated rings. The standard InChI is InChI=1S/C22H27N3O5S/c1-4-30-22(27)24-11-13-25(14-12-24)31(28,29)19-8-6-18(7-9-19)21(26)23-20-10-5-16(2)15-17(20)3/h5-10,15H,4,11-14H2,1-3H3,(H,23,26). The van der Waals surface area contributed by atoms with Crippen LogP contribution in [-0.4, -0.2) is 62.4 Å². The van der Waals surface area contributed by atoms with E-state index in [2.05, 4.69) is 5.32 Å². The Balaban J connectivity index is 1.66. The number of nitrogens with one attached hydrogen (secondary N) is 1. The van der Waals surface area contributed by atoms with Crippen LogP contribution in [0.25, 0.3) is 0 Å². The zero-order valence-corrected chi connectivity index (χ0v) is 18.7. The maximum Gasteiger partial charge on any atom is 0.409 e. The molecule has 2 aromatic rings. The highest BCUT2D eigenvalue weighted by Crippen LogP contribution is 2.20. The van der Waals surface area contributed by atoms with Crippen LogP contribution >= 0.6 is 0 Å². The van der Waals surface area contributed by atoms with Gasteiger partial charge in [0.2, 0.25) is 10.0 Å². The molecule has 0 aliphatic carbocycles. The Kier molecular flexibility index (Phi) is 6.97. The Morgan fingerprint density at radius 1 is 1.00 bits per heavy atom. The van der Waals surface area contributed by atoms with Crippen molar-refractivity contribution in [2.45, 2.75) is 25.7 Å². The Morgan fingerprint density at radius 2 is 1.65 bits per heavy atom. The highest BCUT2D eigenvalue weighted by Gasteiger charge is 2.30. The van der Waals surface area contributed by atoms with Gasteiger partial charge in [-0.1, -0.05) is 17.7 Å². The van der Waals surface area contributed by atoms with E-state index in [1.54, 1.807) is 6.92 Å². The number of aryl methyl sites for hydroxylation is 2. The van der Waals surface area contributed by atoms with Crippen LogP contribution < -0.4 is 5.32 Å². The van der Waals surface area contributed by atoms with E-state index in [-0.39, 0.29) is 43.6 Å². The van der Waals surface area contributed by atoms with Crippen molar-refractivity contribution < 1.29 is 22.7 Å². The summed E-state index contributed by atoms with van der Waals surface area (Å²) in [6.07, 6.45) is -0.432. The third-order valence-electron chi connectivity index (χ3n) is 5.15. The third-order valence-corrected chi connectivity index (χ3v) is 7.06. The molecule has 2 aromatic carbocycles. The summed E-state index contributed by atoms with van der Waals surface area (Å²) in [6.45, 7) is 6.83. The Morgan fingerprint density at radius 3 is 2.23 bits per heavy atom. The van der Waals surface area contributed by atoms with Crippen LogP contribution in [0, 0.1) is 13.8 Å². The molecule has 1 aliphatic heterocycles. The fourth-order valence-electron chi connectivity index (χ4n) is 3.40. The molecule has 1 saturated heterocycles. The van der Waals surface area contributed by atoms with E-state index in [0.29, 0.717) is 11.3 Å². The van der Waals surface area contributed by atoms with E-state index in [0.717, 1.165) is 11.1 Å². The molecular formula is C22H27N3O5S. The molecule has 1 N–H and O–H groups in total. The fraction of sp³-hybridized carbons (Fsp3) is 0.364. The number of hydrogen-bond acceptors (Lipinski definition) is 5. The van der Waals surface area contributed by atoms with Crippen molar-refractivity contribution in [3.05, 3.63) is 59.2 Å². The monoisotopic (exact) mass is 445 g/mol. The molecule has 166 valence electrons. The summed E-state index contributed by atoms with van der Waals surface area (Å²) in [5, 5.41) is 2.85. The van der Waals surface area contributed by atoms with E-state index in [1.165, 1.54) is 33.5 Å². The van der Waals surface area contributed by atoms with Gasteiger partial charge in [0.05, 0.1) is 11.5 Å². The SMILES string of the molecule is CCOC(=O)N1CCN(S(=O)(=O)c2ccc(C(=O)Nc3ccc(C)cc3C)cc2)CC1. The highest BCUT2D eigenvalue weighted by atomic mass is 32.2. The topological polar surface area (TPSA) is 96.0 Å². The van der Waals surface area contributed by atoms with Crippen LogP contribution in [-0.2, 0) is 14.8 Å². The number of ether oxygens (including phenoxy) is 1. The minimum absolute atomic E-state index is 0.111. The van der Waals surface area contributed by atoms with E-state index in [9.17, 15) is 18.0 Å². The molecule has 9 heteroatoms. The molecule has 0 aromatic heterocycles. The number of carbonyl (C=O) groups excluding carboxylic acids is 2. The average Bonchev–Trinajstić information content (AvgIpc) is 2.76. The summed E-state index contributed by atoms with van der Waals surface area (Å²) in [4.78, 5) is 25.9. The predicted molar refractivity (Wildman–Crippen MR) is 118 cm³/mol. The summed E-state index contributed by atoms with van der Waals surface area (Å²) in [6, 6.07) is 11.6. The Bertz CT molecular complexity index is 1060. The first kappa shape index (κ1) is 22.8. The van der Waals surface area contributed by atoms with Gasteiger partial charge in [-0.25, -0.2) is 13.2 Å². The van der Waals surface area contributed by atoms with Gasteiger partial charge < -0.3 is 15.0 Å². The van der Waals surface area contributed by atoms with Crippen LogP contribution in [0.4, 0.5) is 10.5 Å². The van der Waals surface area contributed by atoms with Gasteiger partial charge in [0.25, 0.3) is 5.91 Å². The average molecular weight is 446 g/mol. The number of hydrogen-bond donors (Lipinski definition) is 1. The Labute approximate surface area is 182 Å². The van der Waals surface area contributed by atoms with Gasteiger partial charge in [0, 0.05) is 37.4 Å². The summed E-state index contributed by atoms with van der Waals surface area (Å²) in [7, 11) is -3.71. The Hall–Kier alpha value is -2.91. The first-order chi connectivity index (χ1) is 14.7. The van der Waals surface area contributed by atoms with Gasteiger partial charge in [0.1, 0.15) is 0 Å². The van der Waals surface area contributed by atoms with Crippen molar-refractivity contribution in [2.75, 3.05) is 38.1 Å². The van der Waals surface area contributed by atoms with Crippen LogP contribution in [0.2, 0.25) is 0 Å². The van der Waals surface area contributed by atoms with E-state index >= 15 is 0 Å². The van der Waals surface area contributed by atoms with Crippen molar-refractivity contribution in [3.8, 4) is 0 Å². The van der Waals surface area contributed by atoms with Crippen molar-refractivity contribution in [1.82, 2.24) is 9.21 Å². The maximum absolute atomic E-state index is 12.9. The van der Waals surface area contributed by atoms with Gasteiger partial charge in [-0.15, -0.1) is 0 Å². The summed E-state index contributed by atoms with van der Waals surface area (Å²) in [5.74, 6) is -0.307. The third kappa shape index (κ3) is 5.23. The quantitative estimate of drug-likeness (QED) is 0.763. The number of amides is 2. The van der Waals surface area contributed by atoms with Gasteiger partial charge in [-0.3, -0.25) is 4.79 Å². The normalized spacial score (nSPS) is 14.9. The van der Waals surface area contributed by atoms with Crippen molar-refractivity contribution in [3.63, 3.8) is 0 Å². The molecule has 2 amide bonds. The first-order valence-electron chi connectivity index (χ1n) is 10.1. The second kappa shape index (κ2) is 9.49. The highest BCUT2D eigenvalue weighted by molar-refractivity contribution is 7.89. The lowest BCUT2D eigenvalue weighted by molar-refractivity contribution is 0.0933. The number of anilines is 1. The van der Waals surface area contributed by atoms with Gasteiger partial charge in [0.15, 0.2) is 0 Å². The van der Waals surface area contributed by atoms with E-state index in [1.807, 2.05) is 32.0 Å². The van der Waals surface area contributed by atoms with Crippen molar-refractivity contribution >= 4 is 27.7 Å². The van der Waals surface area contributed by atoms with Gasteiger partial charge >= 0.3 is 6.09 Å². The smallest absolute Gasteiger partial charge is 0.409 e. The predicted octanol–water partition coefficient (Wildman–Crippen LogP) is 3.02. The zero-order valence-electron chi connectivity index (χ0n) is 17.9. The molecule has 3 rings (SSSR count). The maximum atomic E-state index is 12.9. The molecule has 0 unspecified atom stereocenters. The number of rotatable bonds is 5. The number of carbonyl (C=O) groups is 2. The zero-order chi connectivity index (χ0) is 22.6. The molecule has 0 atom stereocenters. The van der Waals surface area contributed by atoms with Crippen LogP contribution in [0.1, 0.15) is 28.4 Å². The number of piperazine rings is 1. The van der Waals surface area contributed by atoms with Gasteiger partial charge in [-0.2, -0.15) is 4.31 Å². The second-order valence-electron chi connectivity index (χ2n) is 7.39. The lowest BCUT2D eigenvalue weighted by Crippen LogP contribution is -2.50. The number of sulfonamides is 1. The van der Waals surface area contributed by atoms with Crippen LogP contribution in [0.15, 0.2) is 47.4 Å². The van der Waals surface area contributed by atoms with Crippen LogP contribution in [0.3, 0.4) is 0 Å². The molecule has 1 aliphatic rings. The molecule has 0 spiro atoms. The molecule has 31 heavy (non-hydrogen) atoms. The van der Waals surface area contributed by atoms with Crippen molar-refractivity contribution in [1.29, 1.82) is 0 Å². The molecule has 0 bridgehead atoms. The lowest BCUT2D eigenvalue weighted by atomic mass is 10.1. The summed E-state index contributed by atoms with van der Waals surface area (Å²) in [5.41, 5.74) is 3.14. The van der Waals surface area contributed by atoms with E-state index < -0.39 is 16.1 Å². The molecule has 1 heterocycles. The number of nitrogens with zero attached hydrogens (tertiary/aromatic N) is 2.